The van der Waals surface area contributed by atoms with Crippen LogP contribution >= 0.6 is 0 Å². The van der Waals surface area contributed by atoms with Crippen LogP contribution in [0.25, 0.3) is 0 Å². The van der Waals surface area contributed by atoms with Gasteiger partial charge in [0.25, 0.3) is 0 Å². The Kier molecular flexibility index (Phi) is 3.80. The topological polar surface area (TPSA) is 15.3 Å². The molecule has 1 saturated carbocycles. The molecule has 0 bridgehead atoms. The molecule has 3 aliphatic heterocycles. The second-order valence-corrected chi connectivity index (χ2v) is 8.22. The lowest BCUT2D eigenvalue weighted by Crippen LogP contribution is -2.45. The average molecular weight is 276 g/mol. The van der Waals surface area contributed by atoms with Crippen LogP contribution in [-0.2, 0) is 0 Å². The minimum atomic E-state index is 0.886. The standard InChI is InChI=1S/C18H32N2/c1-13-6-9-20-10-7-15(18(20)11-13)12-14-5-8-19-17-4-2-3-16(14)17/h13-19H,2-12H2,1H3. The van der Waals surface area contributed by atoms with Crippen LogP contribution in [0, 0.1) is 23.7 Å². The highest BCUT2D eigenvalue weighted by Crippen LogP contribution is 2.43. The van der Waals surface area contributed by atoms with Gasteiger partial charge in [-0.15, -0.1) is 0 Å². The molecular weight excluding hydrogens is 244 g/mol. The lowest BCUT2D eigenvalue weighted by molar-refractivity contribution is 0.111. The Hall–Kier alpha value is -0.0800. The largest absolute Gasteiger partial charge is 0.314 e. The van der Waals surface area contributed by atoms with Gasteiger partial charge in [-0.2, -0.15) is 0 Å². The molecule has 0 amide bonds. The summed E-state index contributed by atoms with van der Waals surface area (Å²) in [4.78, 5) is 2.83. The molecule has 1 N–H and O–H groups in total. The van der Waals surface area contributed by atoms with E-state index in [1.165, 1.54) is 64.6 Å². The van der Waals surface area contributed by atoms with E-state index in [1.807, 2.05) is 0 Å². The molecule has 0 aromatic carbocycles. The summed E-state index contributed by atoms with van der Waals surface area (Å²) in [5.74, 6) is 4.08. The van der Waals surface area contributed by atoms with E-state index < -0.39 is 0 Å². The van der Waals surface area contributed by atoms with E-state index in [2.05, 4.69) is 17.1 Å². The first-order valence-corrected chi connectivity index (χ1v) is 9.28. The van der Waals surface area contributed by atoms with E-state index in [-0.39, 0.29) is 0 Å². The molecular formula is C18H32N2. The van der Waals surface area contributed by atoms with Gasteiger partial charge < -0.3 is 10.2 Å². The molecule has 4 aliphatic rings. The first-order chi connectivity index (χ1) is 9.81. The number of nitrogens with zero attached hydrogens (tertiary/aromatic N) is 1. The second-order valence-electron chi connectivity index (χ2n) is 8.22. The lowest BCUT2D eigenvalue weighted by Gasteiger charge is -2.40. The van der Waals surface area contributed by atoms with Crippen LogP contribution in [0.1, 0.15) is 58.3 Å². The Morgan fingerprint density at radius 3 is 2.85 bits per heavy atom. The molecule has 0 aromatic heterocycles. The third-order valence-electron chi connectivity index (χ3n) is 7.06. The molecule has 6 unspecified atom stereocenters. The van der Waals surface area contributed by atoms with Crippen LogP contribution in [0.5, 0.6) is 0 Å². The van der Waals surface area contributed by atoms with Crippen LogP contribution in [0.4, 0.5) is 0 Å². The van der Waals surface area contributed by atoms with Gasteiger partial charge in [-0.1, -0.05) is 13.3 Å². The lowest BCUT2D eigenvalue weighted by atomic mass is 9.74. The normalized spacial score (nSPS) is 49.0. The predicted molar refractivity (Wildman–Crippen MR) is 83.7 cm³/mol. The predicted octanol–water partition coefficient (Wildman–Crippen LogP) is 3.28. The molecule has 4 rings (SSSR count). The van der Waals surface area contributed by atoms with Crippen LogP contribution < -0.4 is 5.32 Å². The zero-order valence-corrected chi connectivity index (χ0v) is 13.2. The van der Waals surface area contributed by atoms with Crippen molar-refractivity contribution in [1.82, 2.24) is 10.2 Å². The minimum Gasteiger partial charge on any atom is -0.314 e. The Balaban J connectivity index is 1.41. The Morgan fingerprint density at radius 1 is 1.00 bits per heavy atom. The Morgan fingerprint density at radius 2 is 1.90 bits per heavy atom. The average Bonchev–Trinajstić information content (AvgIpc) is 3.06. The van der Waals surface area contributed by atoms with Gasteiger partial charge in [-0.3, -0.25) is 0 Å². The van der Waals surface area contributed by atoms with Gasteiger partial charge in [0.2, 0.25) is 0 Å². The molecule has 2 heteroatoms. The van der Waals surface area contributed by atoms with E-state index in [1.54, 1.807) is 6.42 Å². The molecule has 0 radical (unpaired) electrons. The van der Waals surface area contributed by atoms with E-state index >= 15 is 0 Å². The number of hydrogen-bond donors (Lipinski definition) is 1. The second kappa shape index (κ2) is 5.61. The maximum atomic E-state index is 3.79. The summed E-state index contributed by atoms with van der Waals surface area (Å²) in [6.07, 6.45) is 11.9. The first kappa shape index (κ1) is 13.6. The molecule has 0 aromatic rings. The van der Waals surface area contributed by atoms with E-state index in [9.17, 15) is 0 Å². The molecule has 20 heavy (non-hydrogen) atoms. The van der Waals surface area contributed by atoms with Crippen molar-refractivity contribution in [2.24, 2.45) is 23.7 Å². The SMILES string of the molecule is CC1CCN2CCC(CC3CCNC4CCCC34)C2C1. The summed E-state index contributed by atoms with van der Waals surface area (Å²) < 4.78 is 0. The first-order valence-electron chi connectivity index (χ1n) is 9.28. The summed E-state index contributed by atoms with van der Waals surface area (Å²) in [6, 6.07) is 1.84. The summed E-state index contributed by atoms with van der Waals surface area (Å²) >= 11 is 0. The molecule has 0 spiro atoms. The van der Waals surface area contributed by atoms with E-state index in [4.69, 9.17) is 0 Å². The maximum absolute atomic E-state index is 3.79. The van der Waals surface area contributed by atoms with Gasteiger partial charge in [0.05, 0.1) is 0 Å². The minimum absolute atomic E-state index is 0.886. The van der Waals surface area contributed by atoms with Gasteiger partial charge in [-0.25, -0.2) is 0 Å². The van der Waals surface area contributed by atoms with Crippen molar-refractivity contribution in [3.8, 4) is 0 Å². The molecule has 4 fully saturated rings. The van der Waals surface area contributed by atoms with E-state index in [0.717, 1.165) is 35.8 Å². The van der Waals surface area contributed by atoms with Crippen LogP contribution in [0.3, 0.4) is 0 Å². The molecule has 114 valence electrons. The zero-order valence-electron chi connectivity index (χ0n) is 13.2. The van der Waals surface area contributed by atoms with Gasteiger partial charge in [0, 0.05) is 12.1 Å². The van der Waals surface area contributed by atoms with Crippen LogP contribution in [-0.4, -0.2) is 36.6 Å². The highest BCUT2D eigenvalue weighted by molar-refractivity contribution is 4.96. The van der Waals surface area contributed by atoms with Crippen molar-refractivity contribution in [2.75, 3.05) is 19.6 Å². The molecule has 3 saturated heterocycles. The third-order valence-corrected chi connectivity index (χ3v) is 7.06. The van der Waals surface area contributed by atoms with Gasteiger partial charge in [0.1, 0.15) is 0 Å². The highest BCUT2D eigenvalue weighted by atomic mass is 15.2. The van der Waals surface area contributed by atoms with Crippen molar-refractivity contribution in [3.63, 3.8) is 0 Å². The Labute approximate surface area is 124 Å². The van der Waals surface area contributed by atoms with Crippen molar-refractivity contribution in [2.45, 2.75) is 70.4 Å². The molecule has 2 nitrogen and oxygen atoms in total. The van der Waals surface area contributed by atoms with E-state index in [0.29, 0.717) is 0 Å². The van der Waals surface area contributed by atoms with Crippen molar-refractivity contribution >= 4 is 0 Å². The number of fused-ring (bicyclic) bond motifs is 2. The van der Waals surface area contributed by atoms with Gasteiger partial charge in [0.15, 0.2) is 0 Å². The molecule has 1 aliphatic carbocycles. The smallest absolute Gasteiger partial charge is 0.0127 e. The molecule has 6 atom stereocenters. The quantitative estimate of drug-likeness (QED) is 0.832. The number of rotatable bonds is 2. The third kappa shape index (κ3) is 2.43. The monoisotopic (exact) mass is 276 g/mol. The van der Waals surface area contributed by atoms with Crippen LogP contribution in [0.2, 0.25) is 0 Å². The fourth-order valence-corrected chi connectivity index (χ4v) is 5.95. The number of hydrogen-bond acceptors (Lipinski definition) is 2. The number of piperidine rings is 2. The summed E-state index contributed by atoms with van der Waals surface area (Å²) in [6.45, 7) is 6.56. The van der Waals surface area contributed by atoms with Crippen LogP contribution in [0.15, 0.2) is 0 Å². The highest BCUT2D eigenvalue weighted by Gasteiger charge is 2.42. The van der Waals surface area contributed by atoms with Crippen molar-refractivity contribution < 1.29 is 0 Å². The zero-order chi connectivity index (χ0) is 13.5. The van der Waals surface area contributed by atoms with Crippen molar-refractivity contribution in [1.29, 1.82) is 0 Å². The Bertz CT molecular complexity index is 342. The fraction of sp³-hybridized carbons (Fsp3) is 1.00. The number of nitrogens with one attached hydrogen (secondary N) is 1. The summed E-state index contributed by atoms with van der Waals surface area (Å²) in [7, 11) is 0. The fourth-order valence-electron chi connectivity index (χ4n) is 5.95. The summed E-state index contributed by atoms with van der Waals surface area (Å²) in [5, 5.41) is 3.79. The molecule has 3 heterocycles. The van der Waals surface area contributed by atoms with Gasteiger partial charge in [-0.05, 0) is 88.3 Å². The maximum Gasteiger partial charge on any atom is 0.0127 e. The van der Waals surface area contributed by atoms with Gasteiger partial charge >= 0.3 is 0 Å². The van der Waals surface area contributed by atoms with Crippen molar-refractivity contribution in [3.05, 3.63) is 0 Å². The summed E-state index contributed by atoms with van der Waals surface area (Å²) in [5.41, 5.74) is 0.